The summed E-state index contributed by atoms with van der Waals surface area (Å²) in [6, 6.07) is 9.43. The molecule has 0 saturated carbocycles. The van der Waals surface area contributed by atoms with E-state index in [1.807, 2.05) is 31.2 Å². The molecule has 2 aromatic heterocycles. The second-order valence-corrected chi connectivity index (χ2v) is 4.89. The number of ether oxygens (including phenoxy) is 1. The molecule has 2 heterocycles. The Morgan fingerprint density at radius 2 is 2.10 bits per heavy atom. The first kappa shape index (κ1) is 13.4. The van der Waals surface area contributed by atoms with Gasteiger partial charge >= 0.3 is 0 Å². The number of ketones is 1. The SMILES string of the molecule is COc1ccc(-c2ncccc2C)c2cc(C(C)=O)oc12. The minimum absolute atomic E-state index is 0.114. The lowest BCUT2D eigenvalue weighted by Gasteiger charge is -2.07. The quantitative estimate of drug-likeness (QED) is 0.680. The van der Waals surface area contributed by atoms with Crippen LogP contribution in [-0.4, -0.2) is 17.9 Å². The maximum absolute atomic E-state index is 11.6. The number of rotatable bonds is 3. The normalized spacial score (nSPS) is 10.8. The number of hydrogen-bond acceptors (Lipinski definition) is 4. The fraction of sp³-hybridized carbons (Fsp3) is 0.176. The molecule has 4 heteroatoms. The van der Waals surface area contributed by atoms with Gasteiger partial charge in [0.25, 0.3) is 0 Å². The lowest BCUT2D eigenvalue weighted by Crippen LogP contribution is -1.89. The minimum Gasteiger partial charge on any atom is -0.493 e. The summed E-state index contributed by atoms with van der Waals surface area (Å²) in [7, 11) is 1.58. The number of furan rings is 1. The van der Waals surface area contributed by atoms with Gasteiger partial charge in [0.05, 0.1) is 12.8 Å². The van der Waals surface area contributed by atoms with Crippen LogP contribution >= 0.6 is 0 Å². The van der Waals surface area contributed by atoms with E-state index >= 15 is 0 Å². The molecular formula is C17H15NO3. The molecule has 0 bridgehead atoms. The van der Waals surface area contributed by atoms with Crippen molar-refractivity contribution in [1.82, 2.24) is 4.98 Å². The Kier molecular flexibility index (Phi) is 3.22. The van der Waals surface area contributed by atoms with Crippen molar-refractivity contribution in [2.75, 3.05) is 7.11 Å². The molecule has 0 aliphatic heterocycles. The van der Waals surface area contributed by atoms with Crippen molar-refractivity contribution >= 4 is 16.8 Å². The van der Waals surface area contributed by atoms with Gasteiger partial charge in [0.1, 0.15) is 0 Å². The van der Waals surface area contributed by atoms with Crippen LogP contribution in [0.3, 0.4) is 0 Å². The van der Waals surface area contributed by atoms with E-state index < -0.39 is 0 Å². The molecule has 21 heavy (non-hydrogen) atoms. The molecule has 3 rings (SSSR count). The maximum atomic E-state index is 11.6. The number of fused-ring (bicyclic) bond motifs is 1. The zero-order valence-electron chi connectivity index (χ0n) is 12.1. The van der Waals surface area contributed by atoms with Gasteiger partial charge in [-0.25, -0.2) is 0 Å². The van der Waals surface area contributed by atoms with Gasteiger partial charge in [-0.1, -0.05) is 6.07 Å². The molecule has 0 aliphatic rings. The van der Waals surface area contributed by atoms with E-state index in [-0.39, 0.29) is 5.78 Å². The number of nitrogens with zero attached hydrogens (tertiary/aromatic N) is 1. The highest BCUT2D eigenvalue weighted by Gasteiger charge is 2.17. The van der Waals surface area contributed by atoms with Gasteiger partial charge in [0.15, 0.2) is 22.9 Å². The van der Waals surface area contributed by atoms with Crippen molar-refractivity contribution in [3.05, 3.63) is 47.9 Å². The summed E-state index contributed by atoms with van der Waals surface area (Å²) in [4.78, 5) is 16.0. The van der Waals surface area contributed by atoms with E-state index in [0.29, 0.717) is 17.1 Å². The van der Waals surface area contributed by atoms with Gasteiger partial charge in [0, 0.05) is 24.1 Å². The first-order valence-corrected chi connectivity index (χ1v) is 6.65. The van der Waals surface area contributed by atoms with Crippen LogP contribution in [0.2, 0.25) is 0 Å². The molecule has 0 fully saturated rings. The van der Waals surface area contributed by atoms with E-state index in [0.717, 1.165) is 22.2 Å². The summed E-state index contributed by atoms with van der Waals surface area (Å²) < 4.78 is 11.0. The van der Waals surface area contributed by atoms with Crippen molar-refractivity contribution in [2.45, 2.75) is 13.8 Å². The Hall–Kier alpha value is -2.62. The zero-order valence-corrected chi connectivity index (χ0v) is 12.1. The maximum Gasteiger partial charge on any atom is 0.194 e. The van der Waals surface area contributed by atoms with Crippen LogP contribution in [0.25, 0.3) is 22.2 Å². The number of carbonyl (C=O) groups excluding carboxylic acids is 1. The molecule has 0 unspecified atom stereocenters. The monoisotopic (exact) mass is 281 g/mol. The lowest BCUT2D eigenvalue weighted by molar-refractivity contribution is 0.0989. The van der Waals surface area contributed by atoms with Crippen LogP contribution < -0.4 is 4.74 Å². The van der Waals surface area contributed by atoms with Crippen LogP contribution in [-0.2, 0) is 0 Å². The molecule has 0 atom stereocenters. The molecule has 0 radical (unpaired) electrons. The molecule has 0 N–H and O–H groups in total. The largest absolute Gasteiger partial charge is 0.493 e. The average molecular weight is 281 g/mol. The van der Waals surface area contributed by atoms with E-state index in [9.17, 15) is 4.79 Å². The Balaban J connectivity index is 2.34. The Labute approximate surface area is 122 Å². The molecule has 1 aromatic carbocycles. The summed E-state index contributed by atoms with van der Waals surface area (Å²) in [6.07, 6.45) is 1.75. The number of benzene rings is 1. The van der Waals surface area contributed by atoms with Gasteiger partial charge in [-0.2, -0.15) is 0 Å². The summed E-state index contributed by atoms with van der Waals surface area (Å²) in [5, 5.41) is 0.835. The summed E-state index contributed by atoms with van der Waals surface area (Å²) in [5.41, 5.74) is 3.45. The van der Waals surface area contributed by atoms with Crippen molar-refractivity contribution < 1.29 is 13.9 Å². The van der Waals surface area contributed by atoms with Crippen molar-refractivity contribution in [2.24, 2.45) is 0 Å². The first-order valence-electron chi connectivity index (χ1n) is 6.65. The van der Waals surface area contributed by atoms with Gasteiger partial charge in [-0.3, -0.25) is 9.78 Å². The molecular weight excluding hydrogens is 266 g/mol. The van der Waals surface area contributed by atoms with E-state index in [2.05, 4.69) is 4.98 Å². The number of hydrogen-bond donors (Lipinski definition) is 0. The summed E-state index contributed by atoms with van der Waals surface area (Å²) >= 11 is 0. The van der Waals surface area contributed by atoms with Crippen molar-refractivity contribution in [3.63, 3.8) is 0 Å². The van der Waals surface area contributed by atoms with E-state index in [4.69, 9.17) is 9.15 Å². The minimum atomic E-state index is -0.114. The zero-order chi connectivity index (χ0) is 15.0. The predicted octanol–water partition coefficient (Wildman–Crippen LogP) is 4.01. The summed E-state index contributed by atoms with van der Waals surface area (Å²) in [6.45, 7) is 3.49. The first-order chi connectivity index (χ1) is 10.1. The third-order valence-corrected chi connectivity index (χ3v) is 3.48. The highest BCUT2D eigenvalue weighted by atomic mass is 16.5. The van der Waals surface area contributed by atoms with Crippen LogP contribution in [0.15, 0.2) is 40.9 Å². The van der Waals surface area contributed by atoms with Crippen molar-refractivity contribution in [3.8, 4) is 17.0 Å². The third-order valence-electron chi connectivity index (χ3n) is 3.48. The predicted molar refractivity (Wildman–Crippen MR) is 80.7 cm³/mol. The number of carbonyl (C=O) groups is 1. The number of aromatic nitrogens is 1. The topological polar surface area (TPSA) is 52.3 Å². The fourth-order valence-corrected chi connectivity index (χ4v) is 2.41. The van der Waals surface area contributed by atoms with Crippen LogP contribution in [0, 0.1) is 6.92 Å². The molecule has 106 valence electrons. The number of pyridine rings is 1. The Morgan fingerprint density at radius 3 is 2.76 bits per heavy atom. The highest BCUT2D eigenvalue weighted by Crippen LogP contribution is 2.36. The third kappa shape index (κ3) is 2.18. The second kappa shape index (κ2) is 5.05. The van der Waals surface area contributed by atoms with Crippen molar-refractivity contribution in [1.29, 1.82) is 0 Å². The average Bonchev–Trinajstić information content (AvgIpc) is 2.92. The van der Waals surface area contributed by atoms with Gasteiger partial charge in [0.2, 0.25) is 0 Å². The van der Waals surface area contributed by atoms with Gasteiger partial charge in [-0.05, 0) is 36.8 Å². The van der Waals surface area contributed by atoms with E-state index in [1.54, 1.807) is 19.4 Å². The standard InChI is InChI=1S/C17H15NO3/c1-10-5-4-8-18-16(10)12-6-7-14(20-3)17-13(12)9-15(21-17)11(2)19/h4-9H,1-3H3. The number of aryl methyl sites for hydroxylation is 1. The number of methoxy groups -OCH3 is 1. The molecule has 0 saturated heterocycles. The smallest absolute Gasteiger partial charge is 0.194 e. The van der Waals surface area contributed by atoms with Gasteiger partial charge in [-0.15, -0.1) is 0 Å². The molecule has 0 spiro atoms. The van der Waals surface area contributed by atoms with Crippen LogP contribution in [0.4, 0.5) is 0 Å². The molecule has 4 nitrogen and oxygen atoms in total. The fourth-order valence-electron chi connectivity index (χ4n) is 2.41. The molecule has 0 aliphatic carbocycles. The number of Topliss-reactive ketones (excluding diaryl/α,β-unsaturated/α-hetero) is 1. The summed E-state index contributed by atoms with van der Waals surface area (Å²) in [5.74, 6) is 0.816. The van der Waals surface area contributed by atoms with E-state index in [1.165, 1.54) is 6.92 Å². The van der Waals surface area contributed by atoms with Crippen LogP contribution in [0.5, 0.6) is 5.75 Å². The van der Waals surface area contributed by atoms with Crippen LogP contribution in [0.1, 0.15) is 23.0 Å². The molecule has 0 amide bonds. The Morgan fingerprint density at radius 1 is 1.29 bits per heavy atom. The molecule has 3 aromatic rings. The van der Waals surface area contributed by atoms with Gasteiger partial charge < -0.3 is 9.15 Å². The highest BCUT2D eigenvalue weighted by molar-refractivity contribution is 6.02. The second-order valence-electron chi connectivity index (χ2n) is 4.89. The Bertz CT molecular complexity index is 833. The lowest BCUT2D eigenvalue weighted by atomic mass is 10.0.